The first-order valence-corrected chi connectivity index (χ1v) is 8.38. The fraction of sp³-hybridized carbons (Fsp3) is 0.316. The second kappa shape index (κ2) is 7.11. The molecule has 1 amide bonds. The Morgan fingerprint density at radius 1 is 1.22 bits per heavy atom. The maximum Gasteiger partial charge on any atom is 0.424 e. The molecule has 3 rings (SSSR count). The van der Waals surface area contributed by atoms with Gasteiger partial charge < -0.3 is 19.8 Å². The molecular weight excluding hydrogens is 361 g/mol. The van der Waals surface area contributed by atoms with Gasteiger partial charge in [-0.15, -0.1) is 0 Å². The summed E-state index contributed by atoms with van der Waals surface area (Å²) in [6.45, 7) is 1.14. The summed E-state index contributed by atoms with van der Waals surface area (Å²) in [7, 11) is 0. The Labute approximate surface area is 153 Å². The summed E-state index contributed by atoms with van der Waals surface area (Å²) in [5.41, 5.74) is -1.54. The lowest BCUT2D eigenvalue weighted by Gasteiger charge is -2.28. The highest BCUT2D eigenvalue weighted by Gasteiger charge is 2.56. The molecule has 0 saturated heterocycles. The van der Waals surface area contributed by atoms with Crippen molar-refractivity contribution in [2.75, 3.05) is 6.54 Å². The maximum atomic E-state index is 13.4. The van der Waals surface area contributed by atoms with Gasteiger partial charge in [-0.25, -0.2) is 0 Å². The van der Waals surface area contributed by atoms with E-state index in [1.807, 2.05) is 24.3 Å². The van der Waals surface area contributed by atoms with Gasteiger partial charge in [-0.3, -0.25) is 4.79 Å². The third-order valence-corrected chi connectivity index (χ3v) is 4.45. The molecule has 2 aromatic heterocycles. The van der Waals surface area contributed by atoms with Gasteiger partial charge in [-0.05, 0) is 30.7 Å². The number of carbonyl (C=O) groups excluding carboxylic acids is 1. The highest BCUT2D eigenvalue weighted by molar-refractivity contribution is 5.88. The van der Waals surface area contributed by atoms with Crippen molar-refractivity contribution in [3.63, 3.8) is 0 Å². The number of aryl methyl sites for hydroxylation is 1. The van der Waals surface area contributed by atoms with E-state index in [1.54, 1.807) is 6.20 Å². The van der Waals surface area contributed by atoms with Gasteiger partial charge in [0.2, 0.25) is 11.5 Å². The van der Waals surface area contributed by atoms with Gasteiger partial charge in [0.1, 0.15) is 11.5 Å². The van der Waals surface area contributed by atoms with Crippen LogP contribution < -0.4 is 5.32 Å². The molecule has 3 aromatic rings. The Bertz CT molecular complexity index is 945. The zero-order chi connectivity index (χ0) is 19.7. The number of benzene rings is 1. The number of carbonyl (C=O) groups is 1. The molecule has 8 heteroatoms. The van der Waals surface area contributed by atoms with E-state index in [0.717, 1.165) is 22.5 Å². The van der Waals surface area contributed by atoms with Gasteiger partial charge in [0.25, 0.3) is 0 Å². The molecule has 1 aromatic carbocycles. The van der Waals surface area contributed by atoms with E-state index in [0.29, 0.717) is 0 Å². The van der Waals surface area contributed by atoms with E-state index in [-0.39, 0.29) is 18.7 Å². The standard InChI is InChI=1S/C19H19F3N2O3/c1-12-6-7-16(27-12)18(26,19(20,21)22)8-9-23-17(25)10-13-11-24-15-5-3-2-4-14(13)15/h2-7,11,24,26H,8-10H2,1H3,(H,23,25)/t18-/m0/s1. The third-order valence-electron chi connectivity index (χ3n) is 4.45. The van der Waals surface area contributed by atoms with Crippen LogP contribution in [0.5, 0.6) is 0 Å². The second-order valence-corrected chi connectivity index (χ2v) is 6.40. The van der Waals surface area contributed by atoms with Crippen molar-refractivity contribution in [2.45, 2.75) is 31.5 Å². The van der Waals surface area contributed by atoms with E-state index in [1.165, 1.54) is 13.0 Å². The molecular formula is C19H19F3N2O3. The SMILES string of the molecule is Cc1ccc([C@@](O)(CCNC(=O)Cc2c[nH]c3ccccc23)C(F)(F)F)o1. The quantitative estimate of drug-likeness (QED) is 0.612. The molecule has 2 heterocycles. The lowest BCUT2D eigenvalue weighted by molar-refractivity contribution is -0.274. The van der Waals surface area contributed by atoms with Crippen molar-refractivity contribution in [1.82, 2.24) is 10.3 Å². The van der Waals surface area contributed by atoms with Gasteiger partial charge in [-0.1, -0.05) is 18.2 Å². The first-order chi connectivity index (χ1) is 12.7. The predicted molar refractivity (Wildman–Crippen MR) is 93.0 cm³/mol. The Hall–Kier alpha value is -2.74. The number of fused-ring (bicyclic) bond motifs is 1. The number of hydrogen-bond acceptors (Lipinski definition) is 3. The minimum absolute atomic E-state index is 0.0221. The number of halogens is 3. The number of aliphatic hydroxyl groups is 1. The highest BCUT2D eigenvalue weighted by Crippen LogP contribution is 2.42. The van der Waals surface area contributed by atoms with Crippen molar-refractivity contribution in [2.24, 2.45) is 0 Å². The number of furan rings is 1. The highest BCUT2D eigenvalue weighted by atomic mass is 19.4. The first-order valence-electron chi connectivity index (χ1n) is 8.38. The topological polar surface area (TPSA) is 78.3 Å². The molecule has 0 unspecified atom stereocenters. The Balaban J connectivity index is 1.64. The summed E-state index contributed by atoms with van der Waals surface area (Å²) in [5, 5.41) is 13.5. The summed E-state index contributed by atoms with van der Waals surface area (Å²) in [5.74, 6) is -0.755. The molecule has 0 radical (unpaired) electrons. The van der Waals surface area contributed by atoms with Crippen LogP contribution in [0.1, 0.15) is 23.5 Å². The van der Waals surface area contributed by atoms with E-state index in [2.05, 4.69) is 10.3 Å². The Kier molecular flexibility index (Phi) is 5.01. The summed E-state index contributed by atoms with van der Waals surface area (Å²) >= 11 is 0. The average Bonchev–Trinajstić information content (AvgIpc) is 3.21. The van der Waals surface area contributed by atoms with Gasteiger partial charge >= 0.3 is 6.18 Å². The molecule has 0 aliphatic carbocycles. The van der Waals surface area contributed by atoms with Crippen LogP contribution in [-0.4, -0.2) is 28.7 Å². The van der Waals surface area contributed by atoms with Crippen LogP contribution >= 0.6 is 0 Å². The molecule has 27 heavy (non-hydrogen) atoms. The number of nitrogens with one attached hydrogen (secondary N) is 2. The van der Waals surface area contributed by atoms with Gasteiger partial charge in [-0.2, -0.15) is 13.2 Å². The van der Waals surface area contributed by atoms with Crippen LogP contribution in [0.2, 0.25) is 0 Å². The van der Waals surface area contributed by atoms with Crippen LogP contribution in [0.3, 0.4) is 0 Å². The molecule has 144 valence electrons. The van der Waals surface area contributed by atoms with Crippen molar-refractivity contribution < 1.29 is 27.5 Å². The molecule has 0 bridgehead atoms. The van der Waals surface area contributed by atoms with Crippen LogP contribution in [0.15, 0.2) is 47.0 Å². The van der Waals surface area contributed by atoms with Crippen molar-refractivity contribution in [1.29, 1.82) is 0 Å². The lowest BCUT2D eigenvalue weighted by Crippen LogP contribution is -2.44. The third kappa shape index (κ3) is 3.85. The molecule has 0 spiro atoms. The van der Waals surface area contributed by atoms with Crippen LogP contribution in [0.25, 0.3) is 10.9 Å². The van der Waals surface area contributed by atoms with E-state index < -0.39 is 29.9 Å². The minimum atomic E-state index is -4.93. The number of alkyl halides is 3. The summed E-state index contributed by atoms with van der Waals surface area (Å²) in [6, 6.07) is 9.86. The number of amides is 1. The summed E-state index contributed by atoms with van der Waals surface area (Å²) < 4.78 is 45.1. The van der Waals surface area contributed by atoms with Gasteiger partial charge in [0, 0.05) is 30.1 Å². The van der Waals surface area contributed by atoms with Crippen molar-refractivity contribution >= 4 is 16.8 Å². The molecule has 0 aliphatic heterocycles. The maximum absolute atomic E-state index is 13.4. The molecule has 1 atom stereocenters. The first kappa shape index (κ1) is 19.0. The van der Waals surface area contributed by atoms with Gasteiger partial charge in [0.05, 0.1) is 6.42 Å². The Morgan fingerprint density at radius 3 is 2.63 bits per heavy atom. The zero-order valence-corrected chi connectivity index (χ0v) is 14.6. The zero-order valence-electron chi connectivity index (χ0n) is 14.6. The van der Waals surface area contributed by atoms with Crippen molar-refractivity contribution in [3.05, 3.63) is 59.7 Å². The number of para-hydroxylation sites is 1. The predicted octanol–water partition coefficient (Wildman–Crippen LogP) is 3.57. The summed E-state index contributed by atoms with van der Waals surface area (Å²) in [4.78, 5) is 15.2. The second-order valence-electron chi connectivity index (χ2n) is 6.40. The lowest BCUT2D eigenvalue weighted by atomic mass is 9.95. The summed E-state index contributed by atoms with van der Waals surface area (Å²) in [6.07, 6.45) is -3.96. The van der Waals surface area contributed by atoms with Crippen molar-refractivity contribution in [3.8, 4) is 0 Å². The fourth-order valence-corrected chi connectivity index (χ4v) is 2.96. The smallest absolute Gasteiger partial charge is 0.424 e. The molecule has 3 N–H and O–H groups in total. The number of hydrogen-bond donors (Lipinski definition) is 3. The van der Waals surface area contributed by atoms with Gasteiger partial charge in [0.15, 0.2) is 0 Å². The normalized spacial score (nSPS) is 14.3. The molecule has 0 fully saturated rings. The Morgan fingerprint density at radius 2 is 1.96 bits per heavy atom. The van der Waals surface area contributed by atoms with Crippen LogP contribution in [-0.2, 0) is 16.8 Å². The average molecular weight is 380 g/mol. The molecule has 0 aliphatic rings. The molecule has 5 nitrogen and oxygen atoms in total. The monoisotopic (exact) mass is 380 g/mol. The largest absolute Gasteiger partial charge is 0.463 e. The van der Waals surface area contributed by atoms with E-state index in [4.69, 9.17) is 4.42 Å². The molecule has 0 saturated carbocycles. The number of aromatic amines is 1. The minimum Gasteiger partial charge on any atom is -0.463 e. The number of rotatable bonds is 6. The van der Waals surface area contributed by atoms with Crippen LogP contribution in [0, 0.1) is 6.92 Å². The van der Waals surface area contributed by atoms with E-state index in [9.17, 15) is 23.1 Å². The number of aromatic nitrogens is 1. The van der Waals surface area contributed by atoms with Crippen LogP contribution in [0.4, 0.5) is 13.2 Å². The fourth-order valence-electron chi connectivity index (χ4n) is 2.96. The number of H-pyrrole nitrogens is 1. The van der Waals surface area contributed by atoms with E-state index >= 15 is 0 Å².